The van der Waals surface area contributed by atoms with Crippen LogP contribution in [0.5, 0.6) is 0 Å². The van der Waals surface area contributed by atoms with Crippen LogP contribution >= 0.6 is 0 Å². The fourth-order valence-corrected chi connectivity index (χ4v) is 2.76. The molecule has 114 valence electrons. The van der Waals surface area contributed by atoms with Crippen molar-refractivity contribution in [2.24, 2.45) is 11.7 Å². The van der Waals surface area contributed by atoms with Crippen molar-refractivity contribution < 1.29 is 9.59 Å². The third-order valence-corrected chi connectivity index (χ3v) is 3.87. The molecule has 1 unspecified atom stereocenters. The van der Waals surface area contributed by atoms with Crippen LogP contribution < -0.4 is 5.73 Å². The average molecular weight is 289 g/mol. The molecule has 0 saturated carbocycles. The van der Waals surface area contributed by atoms with Crippen molar-refractivity contribution in [2.45, 2.75) is 19.9 Å². The Morgan fingerprint density at radius 3 is 2.10 bits per heavy atom. The average Bonchev–Trinajstić information content (AvgIpc) is 2.48. The molecule has 0 radical (unpaired) electrons. The molecule has 0 aromatic heterocycles. The summed E-state index contributed by atoms with van der Waals surface area (Å²) in [6.45, 7) is 6.44. The van der Waals surface area contributed by atoms with Gasteiger partial charge in [0.2, 0.25) is 11.8 Å². The summed E-state index contributed by atoms with van der Waals surface area (Å²) < 4.78 is 0. The van der Waals surface area contributed by atoms with Crippen molar-refractivity contribution in [1.29, 1.82) is 0 Å². The Kier molecular flexibility index (Phi) is 4.96. The molecule has 5 nitrogen and oxygen atoms in total. The molecule has 1 aromatic carbocycles. The van der Waals surface area contributed by atoms with Crippen molar-refractivity contribution in [3.63, 3.8) is 0 Å². The van der Waals surface area contributed by atoms with E-state index in [4.69, 9.17) is 5.73 Å². The number of hydrogen-bond donors (Lipinski definition) is 1. The Bertz CT molecular complexity index is 494. The second-order valence-electron chi connectivity index (χ2n) is 5.73. The molecule has 2 rings (SSSR count). The van der Waals surface area contributed by atoms with Crippen LogP contribution in [0.15, 0.2) is 30.3 Å². The number of rotatable bonds is 4. The van der Waals surface area contributed by atoms with Gasteiger partial charge in [0.05, 0.1) is 0 Å². The van der Waals surface area contributed by atoms with Gasteiger partial charge in [-0.25, -0.2) is 0 Å². The van der Waals surface area contributed by atoms with E-state index in [1.54, 1.807) is 0 Å². The Balaban J connectivity index is 2.05. The Morgan fingerprint density at radius 1 is 1.05 bits per heavy atom. The lowest BCUT2D eigenvalue weighted by Gasteiger charge is -2.38. The molecule has 1 saturated heterocycles. The van der Waals surface area contributed by atoms with Crippen molar-refractivity contribution >= 4 is 11.8 Å². The SMILES string of the molecule is CC(C)C(=O)N1CCN(C(C(N)=O)c2ccccc2)CC1. The highest BCUT2D eigenvalue weighted by Crippen LogP contribution is 2.22. The number of piperazine rings is 1. The summed E-state index contributed by atoms with van der Waals surface area (Å²) in [5.41, 5.74) is 6.49. The van der Waals surface area contributed by atoms with E-state index in [0.29, 0.717) is 26.2 Å². The van der Waals surface area contributed by atoms with Gasteiger partial charge in [-0.3, -0.25) is 14.5 Å². The minimum absolute atomic E-state index is 0.0117. The lowest BCUT2D eigenvalue weighted by Crippen LogP contribution is -2.52. The van der Waals surface area contributed by atoms with Crippen LogP contribution in [0.25, 0.3) is 0 Å². The van der Waals surface area contributed by atoms with Crippen molar-refractivity contribution in [1.82, 2.24) is 9.80 Å². The molecule has 1 aromatic rings. The van der Waals surface area contributed by atoms with Crippen LogP contribution in [-0.4, -0.2) is 47.8 Å². The first-order chi connectivity index (χ1) is 10.0. The largest absolute Gasteiger partial charge is 0.368 e. The molecule has 1 aliphatic rings. The van der Waals surface area contributed by atoms with E-state index in [2.05, 4.69) is 4.90 Å². The predicted molar refractivity (Wildman–Crippen MR) is 81.4 cm³/mol. The molecule has 0 bridgehead atoms. The van der Waals surface area contributed by atoms with Crippen LogP contribution in [0.4, 0.5) is 0 Å². The summed E-state index contributed by atoms with van der Waals surface area (Å²) in [6, 6.07) is 9.15. The lowest BCUT2D eigenvalue weighted by atomic mass is 10.0. The topological polar surface area (TPSA) is 66.6 Å². The second kappa shape index (κ2) is 6.72. The summed E-state index contributed by atoms with van der Waals surface area (Å²) >= 11 is 0. The first kappa shape index (κ1) is 15.5. The zero-order valence-corrected chi connectivity index (χ0v) is 12.7. The quantitative estimate of drug-likeness (QED) is 0.899. The molecule has 0 aliphatic carbocycles. The van der Waals surface area contributed by atoms with Gasteiger partial charge < -0.3 is 10.6 Å². The molecule has 1 aliphatic heterocycles. The molecule has 1 heterocycles. The van der Waals surface area contributed by atoms with Crippen LogP contribution in [0.2, 0.25) is 0 Å². The van der Waals surface area contributed by atoms with Crippen LogP contribution in [-0.2, 0) is 9.59 Å². The summed E-state index contributed by atoms with van der Waals surface area (Å²) in [4.78, 5) is 27.7. The molecule has 0 spiro atoms. The first-order valence-corrected chi connectivity index (χ1v) is 7.38. The van der Waals surface area contributed by atoms with Crippen LogP contribution in [0, 0.1) is 5.92 Å². The van der Waals surface area contributed by atoms with E-state index in [-0.39, 0.29) is 17.7 Å². The maximum Gasteiger partial charge on any atom is 0.239 e. The first-order valence-electron chi connectivity index (χ1n) is 7.38. The molecule has 1 fully saturated rings. The van der Waals surface area contributed by atoms with E-state index in [0.717, 1.165) is 5.56 Å². The fraction of sp³-hybridized carbons (Fsp3) is 0.500. The minimum Gasteiger partial charge on any atom is -0.368 e. The van der Waals surface area contributed by atoms with Gasteiger partial charge in [-0.05, 0) is 5.56 Å². The van der Waals surface area contributed by atoms with Crippen LogP contribution in [0.3, 0.4) is 0 Å². The molecule has 2 amide bonds. The number of hydrogen-bond acceptors (Lipinski definition) is 3. The van der Waals surface area contributed by atoms with Gasteiger partial charge in [0.1, 0.15) is 6.04 Å². The highest BCUT2D eigenvalue weighted by molar-refractivity contribution is 5.81. The highest BCUT2D eigenvalue weighted by Gasteiger charge is 2.30. The number of nitrogens with two attached hydrogens (primary N) is 1. The summed E-state index contributed by atoms with van der Waals surface area (Å²) in [7, 11) is 0. The monoisotopic (exact) mass is 289 g/mol. The minimum atomic E-state index is -0.414. The second-order valence-corrected chi connectivity index (χ2v) is 5.73. The Labute approximate surface area is 125 Å². The molecule has 2 N–H and O–H groups in total. The number of carbonyl (C=O) groups excluding carboxylic acids is 2. The maximum absolute atomic E-state index is 12.0. The van der Waals surface area contributed by atoms with Gasteiger partial charge in [0.15, 0.2) is 0 Å². The molecule has 5 heteroatoms. The third-order valence-electron chi connectivity index (χ3n) is 3.87. The standard InChI is InChI=1S/C16H23N3O2/c1-12(2)16(21)19-10-8-18(9-11-19)14(15(17)20)13-6-4-3-5-7-13/h3-7,12,14H,8-11H2,1-2H3,(H2,17,20). The van der Waals surface area contributed by atoms with E-state index < -0.39 is 6.04 Å². The normalized spacial score (nSPS) is 17.8. The number of carbonyl (C=O) groups is 2. The van der Waals surface area contributed by atoms with E-state index in [1.807, 2.05) is 49.1 Å². The van der Waals surface area contributed by atoms with Crippen LogP contribution in [0.1, 0.15) is 25.5 Å². The fourth-order valence-electron chi connectivity index (χ4n) is 2.76. The number of nitrogens with zero attached hydrogens (tertiary/aromatic N) is 2. The zero-order valence-electron chi connectivity index (χ0n) is 12.7. The van der Waals surface area contributed by atoms with Gasteiger partial charge in [-0.15, -0.1) is 0 Å². The molecule has 1 atom stereocenters. The van der Waals surface area contributed by atoms with E-state index in [9.17, 15) is 9.59 Å². The van der Waals surface area contributed by atoms with Gasteiger partial charge in [0.25, 0.3) is 0 Å². The van der Waals surface area contributed by atoms with Crippen molar-refractivity contribution in [3.8, 4) is 0 Å². The number of amides is 2. The molecular weight excluding hydrogens is 266 g/mol. The third kappa shape index (κ3) is 3.61. The lowest BCUT2D eigenvalue weighted by molar-refractivity contribution is -0.137. The van der Waals surface area contributed by atoms with Gasteiger partial charge in [0, 0.05) is 32.1 Å². The van der Waals surface area contributed by atoms with Gasteiger partial charge in [-0.2, -0.15) is 0 Å². The summed E-state index contributed by atoms with van der Waals surface area (Å²) in [5, 5.41) is 0. The Morgan fingerprint density at radius 2 is 1.62 bits per heavy atom. The van der Waals surface area contributed by atoms with Gasteiger partial charge in [-0.1, -0.05) is 44.2 Å². The Hall–Kier alpha value is -1.88. The van der Waals surface area contributed by atoms with Crippen molar-refractivity contribution in [2.75, 3.05) is 26.2 Å². The van der Waals surface area contributed by atoms with Crippen molar-refractivity contribution in [3.05, 3.63) is 35.9 Å². The van der Waals surface area contributed by atoms with E-state index in [1.165, 1.54) is 0 Å². The smallest absolute Gasteiger partial charge is 0.239 e. The van der Waals surface area contributed by atoms with E-state index >= 15 is 0 Å². The number of benzene rings is 1. The number of primary amides is 1. The molecular formula is C16H23N3O2. The zero-order chi connectivity index (χ0) is 15.4. The maximum atomic E-state index is 12.0. The molecule has 21 heavy (non-hydrogen) atoms. The predicted octanol–water partition coefficient (Wildman–Crippen LogP) is 1.01. The summed E-state index contributed by atoms with van der Waals surface area (Å²) in [6.07, 6.45) is 0. The summed E-state index contributed by atoms with van der Waals surface area (Å²) in [5.74, 6) is -0.160. The highest BCUT2D eigenvalue weighted by atomic mass is 16.2. The van der Waals surface area contributed by atoms with Gasteiger partial charge >= 0.3 is 0 Å².